The average molecular weight is 331 g/mol. The number of nitrogens with one attached hydrogen (secondary N) is 1. The maximum atomic E-state index is 12.5. The molecule has 7 heteroatoms. The molecule has 1 saturated heterocycles. The molecule has 2 aromatic rings. The molecule has 1 aliphatic heterocycles. The van der Waals surface area contributed by atoms with E-state index >= 15 is 0 Å². The van der Waals surface area contributed by atoms with Crippen LogP contribution in [0.15, 0.2) is 29.1 Å². The Balaban J connectivity index is 1.48. The van der Waals surface area contributed by atoms with Crippen LogP contribution in [0.1, 0.15) is 44.3 Å². The maximum absolute atomic E-state index is 12.5. The standard InChI is InChI=1S/C17H25N5O2/c1-3-22-16(18-12-19-22)13(2)20-17(23)14-6-8-21(9-7-14)11-15-5-4-10-24-15/h4-5,10,12-14H,3,6-9,11H2,1-2H3,(H,20,23)/t13-/m0/s1. The predicted molar refractivity (Wildman–Crippen MR) is 89.0 cm³/mol. The fraction of sp³-hybridized carbons (Fsp3) is 0.588. The molecule has 0 aliphatic carbocycles. The second kappa shape index (κ2) is 7.61. The van der Waals surface area contributed by atoms with Crippen LogP contribution in [0.2, 0.25) is 0 Å². The van der Waals surface area contributed by atoms with Crippen LogP contribution in [0.25, 0.3) is 0 Å². The van der Waals surface area contributed by atoms with Crippen LogP contribution in [0.3, 0.4) is 0 Å². The van der Waals surface area contributed by atoms with Gasteiger partial charge in [0.2, 0.25) is 5.91 Å². The molecule has 1 aliphatic rings. The van der Waals surface area contributed by atoms with E-state index in [1.807, 2.05) is 30.7 Å². The maximum Gasteiger partial charge on any atom is 0.223 e. The van der Waals surface area contributed by atoms with Crippen molar-refractivity contribution in [3.05, 3.63) is 36.3 Å². The molecule has 0 spiro atoms. The van der Waals surface area contributed by atoms with Gasteiger partial charge >= 0.3 is 0 Å². The van der Waals surface area contributed by atoms with Crippen LogP contribution in [-0.2, 0) is 17.9 Å². The largest absolute Gasteiger partial charge is 0.468 e. The molecule has 3 rings (SSSR count). The lowest BCUT2D eigenvalue weighted by atomic mass is 9.95. The lowest BCUT2D eigenvalue weighted by molar-refractivity contribution is -0.127. The third kappa shape index (κ3) is 3.84. The number of aryl methyl sites for hydroxylation is 1. The first kappa shape index (κ1) is 16.7. The molecule has 0 radical (unpaired) electrons. The summed E-state index contributed by atoms with van der Waals surface area (Å²) in [5.41, 5.74) is 0. The van der Waals surface area contributed by atoms with Crippen molar-refractivity contribution in [1.29, 1.82) is 0 Å². The number of carbonyl (C=O) groups excluding carboxylic acids is 1. The number of piperidine rings is 1. The molecule has 3 heterocycles. The van der Waals surface area contributed by atoms with Gasteiger partial charge in [0.1, 0.15) is 17.9 Å². The van der Waals surface area contributed by atoms with Crippen LogP contribution in [-0.4, -0.2) is 38.7 Å². The van der Waals surface area contributed by atoms with Gasteiger partial charge in [-0.1, -0.05) is 0 Å². The molecule has 0 aromatic carbocycles. The average Bonchev–Trinajstić information content (AvgIpc) is 3.26. The third-order valence-corrected chi connectivity index (χ3v) is 4.61. The van der Waals surface area contributed by atoms with Crippen LogP contribution in [0.4, 0.5) is 0 Å². The third-order valence-electron chi connectivity index (χ3n) is 4.61. The first-order valence-electron chi connectivity index (χ1n) is 8.60. The Labute approximate surface area is 142 Å². The van der Waals surface area contributed by atoms with E-state index in [0.717, 1.165) is 50.6 Å². The lowest BCUT2D eigenvalue weighted by Gasteiger charge is -2.31. The summed E-state index contributed by atoms with van der Waals surface area (Å²) in [6.45, 7) is 7.37. The lowest BCUT2D eigenvalue weighted by Crippen LogP contribution is -2.41. The minimum absolute atomic E-state index is 0.0679. The Morgan fingerprint density at radius 1 is 1.46 bits per heavy atom. The SMILES string of the molecule is CCn1ncnc1[C@H](C)NC(=O)C1CCN(Cc2ccco2)CC1. The van der Waals surface area contributed by atoms with Crippen molar-refractivity contribution in [2.75, 3.05) is 13.1 Å². The number of nitrogens with zero attached hydrogens (tertiary/aromatic N) is 4. The predicted octanol–water partition coefficient (Wildman–Crippen LogP) is 1.98. The van der Waals surface area contributed by atoms with Crippen molar-refractivity contribution in [3.8, 4) is 0 Å². The number of carbonyl (C=O) groups is 1. The van der Waals surface area contributed by atoms with Crippen LogP contribution in [0, 0.1) is 5.92 Å². The van der Waals surface area contributed by atoms with Crippen molar-refractivity contribution >= 4 is 5.91 Å². The summed E-state index contributed by atoms with van der Waals surface area (Å²) >= 11 is 0. The molecule has 7 nitrogen and oxygen atoms in total. The smallest absolute Gasteiger partial charge is 0.223 e. The highest BCUT2D eigenvalue weighted by Gasteiger charge is 2.27. The van der Waals surface area contributed by atoms with Crippen molar-refractivity contribution < 1.29 is 9.21 Å². The van der Waals surface area contributed by atoms with Gasteiger partial charge in [0.15, 0.2) is 0 Å². The van der Waals surface area contributed by atoms with Crippen molar-refractivity contribution in [2.45, 2.75) is 45.8 Å². The van der Waals surface area contributed by atoms with Crippen LogP contribution in [0.5, 0.6) is 0 Å². The molecule has 0 unspecified atom stereocenters. The van der Waals surface area contributed by atoms with Crippen LogP contribution >= 0.6 is 0 Å². The number of furan rings is 1. The van der Waals surface area contributed by atoms with E-state index < -0.39 is 0 Å². The van der Waals surface area contributed by atoms with Gasteiger partial charge in [-0.2, -0.15) is 5.10 Å². The first-order valence-corrected chi connectivity index (χ1v) is 8.60. The topological polar surface area (TPSA) is 76.2 Å². The van der Waals surface area contributed by atoms with Crippen molar-refractivity contribution in [2.24, 2.45) is 5.92 Å². The Morgan fingerprint density at radius 3 is 2.92 bits per heavy atom. The normalized spacial score (nSPS) is 17.8. The fourth-order valence-corrected chi connectivity index (χ4v) is 3.22. The molecule has 0 saturated carbocycles. The summed E-state index contributed by atoms with van der Waals surface area (Å²) in [5, 5.41) is 7.25. The summed E-state index contributed by atoms with van der Waals surface area (Å²) in [4.78, 5) is 19.1. The van der Waals surface area contributed by atoms with Crippen molar-refractivity contribution in [3.63, 3.8) is 0 Å². The summed E-state index contributed by atoms with van der Waals surface area (Å²) in [6, 6.07) is 3.78. The van der Waals surface area contributed by atoms with Gasteiger partial charge < -0.3 is 9.73 Å². The highest BCUT2D eigenvalue weighted by Crippen LogP contribution is 2.20. The van der Waals surface area contributed by atoms with E-state index in [2.05, 4.69) is 20.3 Å². The highest BCUT2D eigenvalue weighted by molar-refractivity contribution is 5.79. The summed E-state index contributed by atoms with van der Waals surface area (Å²) < 4.78 is 7.21. The number of hydrogen-bond acceptors (Lipinski definition) is 5. The van der Waals surface area contributed by atoms with E-state index in [-0.39, 0.29) is 17.9 Å². The molecular formula is C17H25N5O2. The van der Waals surface area contributed by atoms with E-state index in [1.54, 1.807) is 6.26 Å². The number of aromatic nitrogens is 3. The Kier molecular flexibility index (Phi) is 5.30. The summed E-state index contributed by atoms with van der Waals surface area (Å²) in [6.07, 6.45) is 4.99. The minimum atomic E-state index is -0.124. The molecule has 1 amide bonds. The monoisotopic (exact) mass is 331 g/mol. The van der Waals surface area contributed by atoms with E-state index in [0.29, 0.717) is 0 Å². The van der Waals surface area contributed by atoms with E-state index in [1.165, 1.54) is 6.33 Å². The zero-order chi connectivity index (χ0) is 16.9. The number of rotatable bonds is 6. The number of hydrogen-bond donors (Lipinski definition) is 1. The Bertz CT molecular complexity index is 644. The minimum Gasteiger partial charge on any atom is -0.468 e. The van der Waals surface area contributed by atoms with E-state index in [9.17, 15) is 4.79 Å². The zero-order valence-corrected chi connectivity index (χ0v) is 14.3. The second-order valence-electron chi connectivity index (χ2n) is 6.29. The molecule has 130 valence electrons. The molecule has 1 atom stereocenters. The van der Waals surface area contributed by atoms with Gasteiger partial charge in [-0.25, -0.2) is 9.67 Å². The van der Waals surface area contributed by atoms with Gasteiger partial charge in [-0.3, -0.25) is 9.69 Å². The molecule has 2 aromatic heterocycles. The molecule has 1 fully saturated rings. The first-order chi connectivity index (χ1) is 11.7. The molecule has 1 N–H and O–H groups in total. The summed E-state index contributed by atoms with van der Waals surface area (Å²) in [7, 11) is 0. The van der Waals surface area contributed by atoms with Crippen LogP contribution < -0.4 is 5.32 Å². The fourth-order valence-electron chi connectivity index (χ4n) is 3.22. The van der Waals surface area contributed by atoms with E-state index in [4.69, 9.17) is 4.42 Å². The zero-order valence-electron chi connectivity index (χ0n) is 14.3. The molecule has 0 bridgehead atoms. The molecular weight excluding hydrogens is 306 g/mol. The van der Waals surface area contributed by atoms with Gasteiger partial charge in [-0.15, -0.1) is 0 Å². The highest BCUT2D eigenvalue weighted by atomic mass is 16.3. The Hall–Kier alpha value is -2.15. The van der Waals surface area contributed by atoms with Gasteiger partial charge in [0.25, 0.3) is 0 Å². The number of amides is 1. The second-order valence-corrected chi connectivity index (χ2v) is 6.29. The molecule has 24 heavy (non-hydrogen) atoms. The van der Waals surface area contributed by atoms with Gasteiger partial charge in [0, 0.05) is 12.5 Å². The quantitative estimate of drug-likeness (QED) is 0.876. The van der Waals surface area contributed by atoms with Crippen molar-refractivity contribution in [1.82, 2.24) is 25.0 Å². The summed E-state index contributed by atoms with van der Waals surface area (Å²) in [5.74, 6) is 1.97. The van der Waals surface area contributed by atoms with Gasteiger partial charge in [0.05, 0.1) is 18.8 Å². The van der Waals surface area contributed by atoms with Gasteiger partial charge in [-0.05, 0) is 51.9 Å². The Morgan fingerprint density at radius 2 is 2.25 bits per heavy atom. The number of likely N-dealkylation sites (tertiary alicyclic amines) is 1.